The van der Waals surface area contributed by atoms with E-state index in [0.717, 1.165) is 0 Å². The molecule has 0 aromatic carbocycles. The maximum Gasteiger partial charge on any atom is 0.326 e. The zero-order valence-electron chi connectivity index (χ0n) is 10.8. The highest BCUT2D eigenvalue weighted by Crippen LogP contribution is 2.10. The molecule has 104 valence electrons. The van der Waals surface area contributed by atoms with Gasteiger partial charge in [-0.1, -0.05) is 0 Å². The van der Waals surface area contributed by atoms with E-state index in [9.17, 15) is 9.59 Å². The number of urea groups is 1. The van der Waals surface area contributed by atoms with Crippen molar-refractivity contribution in [2.24, 2.45) is 0 Å². The quantitative estimate of drug-likeness (QED) is 0.739. The van der Waals surface area contributed by atoms with Crippen LogP contribution in [0.5, 0.6) is 0 Å². The van der Waals surface area contributed by atoms with Gasteiger partial charge < -0.3 is 15.7 Å². The first-order valence-electron chi connectivity index (χ1n) is 5.75. The first-order valence-corrected chi connectivity index (χ1v) is 7.15. The second-order valence-electron chi connectivity index (χ2n) is 3.91. The van der Waals surface area contributed by atoms with Crippen molar-refractivity contribution in [1.82, 2.24) is 10.3 Å². The second-order valence-corrected chi connectivity index (χ2v) is 4.89. The minimum absolute atomic E-state index is 0.385. The van der Waals surface area contributed by atoms with Gasteiger partial charge in [-0.15, -0.1) is 0 Å². The van der Waals surface area contributed by atoms with E-state index in [1.807, 2.05) is 6.26 Å². The highest BCUT2D eigenvalue weighted by molar-refractivity contribution is 7.98. The molecule has 0 saturated carbocycles. The lowest BCUT2D eigenvalue weighted by molar-refractivity contribution is -0.139. The lowest BCUT2D eigenvalue weighted by atomic mass is 10.2. The summed E-state index contributed by atoms with van der Waals surface area (Å²) >= 11 is 1.54. The minimum Gasteiger partial charge on any atom is -0.480 e. The molecule has 0 bridgehead atoms. The summed E-state index contributed by atoms with van der Waals surface area (Å²) in [6, 6.07) is 1.99. The molecule has 0 radical (unpaired) electrons. The number of carboxylic acids is 1. The van der Waals surface area contributed by atoms with Gasteiger partial charge in [0.25, 0.3) is 0 Å². The Labute approximate surface area is 116 Å². The average molecular weight is 283 g/mol. The molecular formula is C12H17N3O3S. The fourth-order valence-electron chi connectivity index (χ4n) is 1.43. The highest BCUT2D eigenvalue weighted by atomic mass is 32.2. The molecule has 6 nitrogen and oxygen atoms in total. The van der Waals surface area contributed by atoms with E-state index in [1.165, 1.54) is 11.8 Å². The van der Waals surface area contributed by atoms with Gasteiger partial charge in [-0.2, -0.15) is 11.8 Å². The Morgan fingerprint density at radius 1 is 1.53 bits per heavy atom. The van der Waals surface area contributed by atoms with Crippen LogP contribution in [0.15, 0.2) is 18.3 Å². The summed E-state index contributed by atoms with van der Waals surface area (Å²) in [5.74, 6) is -0.365. The fourth-order valence-corrected chi connectivity index (χ4v) is 1.90. The maximum atomic E-state index is 11.7. The molecule has 1 aromatic heterocycles. The van der Waals surface area contributed by atoms with Gasteiger partial charge in [0.05, 0.1) is 11.4 Å². The molecule has 3 N–H and O–H groups in total. The SMILES string of the molecule is CSCCC(NC(=O)Nc1cccnc1C)C(=O)O. The zero-order valence-corrected chi connectivity index (χ0v) is 11.7. The smallest absolute Gasteiger partial charge is 0.326 e. The predicted molar refractivity (Wildman–Crippen MR) is 75.6 cm³/mol. The van der Waals surface area contributed by atoms with Crippen LogP contribution in [0.4, 0.5) is 10.5 Å². The van der Waals surface area contributed by atoms with Crippen LogP contribution in [0.2, 0.25) is 0 Å². The van der Waals surface area contributed by atoms with Crippen LogP contribution in [-0.2, 0) is 4.79 Å². The molecule has 0 aliphatic rings. The molecule has 7 heteroatoms. The van der Waals surface area contributed by atoms with Gasteiger partial charge in [-0.3, -0.25) is 4.98 Å². The maximum absolute atomic E-state index is 11.7. The molecule has 0 spiro atoms. The molecule has 0 aliphatic heterocycles. The summed E-state index contributed by atoms with van der Waals surface area (Å²) in [4.78, 5) is 26.8. The molecule has 1 rings (SSSR count). The van der Waals surface area contributed by atoms with Gasteiger partial charge in [0, 0.05) is 6.20 Å². The number of hydrogen-bond donors (Lipinski definition) is 3. The third-order valence-corrected chi connectivity index (χ3v) is 3.11. The van der Waals surface area contributed by atoms with E-state index < -0.39 is 18.0 Å². The first-order chi connectivity index (χ1) is 9.04. The number of aromatic nitrogens is 1. The topological polar surface area (TPSA) is 91.3 Å². The number of amides is 2. The van der Waals surface area contributed by atoms with Crippen LogP contribution in [0, 0.1) is 6.92 Å². The molecule has 1 heterocycles. The van der Waals surface area contributed by atoms with Crippen LogP contribution < -0.4 is 10.6 Å². The van der Waals surface area contributed by atoms with Gasteiger partial charge >= 0.3 is 12.0 Å². The summed E-state index contributed by atoms with van der Waals surface area (Å²) in [6.45, 7) is 1.76. The Hall–Kier alpha value is -1.76. The monoisotopic (exact) mass is 283 g/mol. The van der Waals surface area contributed by atoms with E-state index in [-0.39, 0.29) is 0 Å². The summed E-state index contributed by atoms with van der Waals surface area (Å²) < 4.78 is 0. The molecule has 19 heavy (non-hydrogen) atoms. The van der Waals surface area contributed by atoms with Crippen molar-refractivity contribution in [3.05, 3.63) is 24.0 Å². The number of rotatable bonds is 6. The van der Waals surface area contributed by atoms with Crippen LogP contribution in [-0.4, -0.2) is 40.1 Å². The lowest BCUT2D eigenvalue weighted by Gasteiger charge is -2.15. The molecule has 1 atom stereocenters. The van der Waals surface area contributed by atoms with Crippen molar-refractivity contribution in [1.29, 1.82) is 0 Å². The van der Waals surface area contributed by atoms with E-state index in [1.54, 1.807) is 25.3 Å². The van der Waals surface area contributed by atoms with E-state index >= 15 is 0 Å². The van der Waals surface area contributed by atoms with Crippen molar-refractivity contribution in [3.8, 4) is 0 Å². The molecule has 1 aromatic rings. The van der Waals surface area contributed by atoms with Crippen LogP contribution in [0.1, 0.15) is 12.1 Å². The van der Waals surface area contributed by atoms with Crippen molar-refractivity contribution < 1.29 is 14.7 Å². The zero-order chi connectivity index (χ0) is 14.3. The van der Waals surface area contributed by atoms with Crippen LogP contribution >= 0.6 is 11.8 Å². The number of anilines is 1. The third kappa shape index (κ3) is 5.17. The number of carbonyl (C=O) groups is 2. The van der Waals surface area contributed by atoms with Crippen molar-refractivity contribution >= 4 is 29.4 Å². The van der Waals surface area contributed by atoms with Crippen molar-refractivity contribution in [3.63, 3.8) is 0 Å². The summed E-state index contributed by atoms with van der Waals surface area (Å²) in [6.07, 6.45) is 3.89. The number of nitrogens with one attached hydrogen (secondary N) is 2. The van der Waals surface area contributed by atoms with Gasteiger partial charge in [0.15, 0.2) is 0 Å². The number of pyridine rings is 1. The third-order valence-electron chi connectivity index (χ3n) is 2.47. The van der Waals surface area contributed by atoms with Gasteiger partial charge in [0.1, 0.15) is 6.04 Å². The van der Waals surface area contributed by atoms with Gasteiger partial charge in [0.2, 0.25) is 0 Å². The summed E-state index contributed by atoms with van der Waals surface area (Å²) in [5.41, 5.74) is 1.24. The Kier molecular flexibility index (Phi) is 6.14. The predicted octanol–water partition coefficient (Wildman–Crippen LogP) is 1.72. The Morgan fingerprint density at radius 2 is 2.26 bits per heavy atom. The molecule has 0 saturated heterocycles. The molecule has 2 amide bonds. The average Bonchev–Trinajstić information content (AvgIpc) is 2.37. The second kappa shape index (κ2) is 7.63. The molecule has 0 fully saturated rings. The summed E-state index contributed by atoms with van der Waals surface area (Å²) in [5, 5.41) is 14.0. The Morgan fingerprint density at radius 3 is 2.84 bits per heavy atom. The first kappa shape index (κ1) is 15.3. The van der Waals surface area contributed by atoms with E-state index in [0.29, 0.717) is 23.6 Å². The minimum atomic E-state index is -1.04. The largest absolute Gasteiger partial charge is 0.480 e. The normalized spacial score (nSPS) is 11.7. The Balaban J connectivity index is 2.58. The van der Waals surface area contributed by atoms with Crippen LogP contribution in [0.3, 0.4) is 0 Å². The number of thioether (sulfide) groups is 1. The lowest BCUT2D eigenvalue weighted by Crippen LogP contribution is -2.43. The molecule has 1 unspecified atom stereocenters. The van der Waals surface area contributed by atoms with Gasteiger partial charge in [-0.05, 0) is 37.5 Å². The van der Waals surface area contributed by atoms with E-state index in [4.69, 9.17) is 5.11 Å². The van der Waals surface area contributed by atoms with E-state index in [2.05, 4.69) is 15.6 Å². The number of aryl methyl sites for hydroxylation is 1. The number of nitrogens with zero attached hydrogens (tertiary/aromatic N) is 1. The summed E-state index contributed by atoms with van der Waals surface area (Å²) in [7, 11) is 0. The number of carbonyl (C=O) groups excluding carboxylic acids is 1. The fraction of sp³-hybridized carbons (Fsp3) is 0.417. The van der Waals surface area contributed by atoms with Crippen LogP contribution in [0.25, 0.3) is 0 Å². The van der Waals surface area contributed by atoms with Crippen molar-refractivity contribution in [2.75, 3.05) is 17.3 Å². The van der Waals surface area contributed by atoms with Crippen molar-refractivity contribution in [2.45, 2.75) is 19.4 Å². The number of hydrogen-bond acceptors (Lipinski definition) is 4. The molecular weight excluding hydrogens is 266 g/mol. The Bertz CT molecular complexity index is 454. The number of aliphatic carboxylic acids is 1. The number of carboxylic acid groups (broad SMARTS) is 1. The standard InChI is InChI=1S/C12H17N3O3S/c1-8-9(4-3-6-13-8)14-12(18)15-10(11(16)17)5-7-19-2/h3-4,6,10H,5,7H2,1-2H3,(H,16,17)(H2,14,15,18). The highest BCUT2D eigenvalue weighted by Gasteiger charge is 2.19. The van der Waals surface area contributed by atoms with Gasteiger partial charge in [-0.25, -0.2) is 9.59 Å². The molecule has 0 aliphatic carbocycles.